The minimum atomic E-state index is -4.00. The minimum Gasteiger partial charge on any atom is -0.258 e. The van der Waals surface area contributed by atoms with Gasteiger partial charge in [0, 0.05) is 34.3 Å². The summed E-state index contributed by atoms with van der Waals surface area (Å²) < 4.78 is 22.4. The van der Waals surface area contributed by atoms with Crippen molar-refractivity contribution in [2.45, 2.75) is 17.7 Å². The third-order valence-electron chi connectivity index (χ3n) is 2.38. The summed E-state index contributed by atoms with van der Waals surface area (Å²) in [4.78, 5) is 9.72. The van der Waals surface area contributed by atoms with Crippen LogP contribution in [0, 0.1) is 27.9 Å². The van der Waals surface area contributed by atoms with Gasteiger partial charge in [-0.1, -0.05) is 11.8 Å². The molecule has 0 N–H and O–H groups in total. The van der Waals surface area contributed by atoms with Crippen LogP contribution in [0.5, 0.6) is 0 Å². The lowest BCUT2D eigenvalue weighted by Crippen LogP contribution is -1.96. The first-order chi connectivity index (χ1) is 8.36. The molecule has 0 aromatic heterocycles. The van der Waals surface area contributed by atoms with Gasteiger partial charge in [-0.2, -0.15) is 0 Å². The molecule has 1 fully saturated rings. The molecule has 18 heavy (non-hydrogen) atoms. The van der Waals surface area contributed by atoms with E-state index < -0.39 is 14.0 Å². The van der Waals surface area contributed by atoms with Crippen molar-refractivity contribution in [2.75, 3.05) is 0 Å². The SMILES string of the molecule is O=[N+]([O-])c1cc(C#CC2CC2)cc(S(=O)(=O)Cl)c1. The zero-order valence-electron chi connectivity index (χ0n) is 9.09. The van der Waals surface area contributed by atoms with Crippen LogP contribution in [0.3, 0.4) is 0 Å². The van der Waals surface area contributed by atoms with Gasteiger partial charge in [0.15, 0.2) is 0 Å². The number of nitrogens with zero attached hydrogens (tertiary/aromatic N) is 1. The molecule has 1 aliphatic rings. The molecule has 1 saturated carbocycles. The topological polar surface area (TPSA) is 77.3 Å². The normalized spacial score (nSPS) is 14.7. The van der Waals surface area contributed by atoms with E-state index in [2.05, 4.69) is 11.8 Å². The van der Waals surface area contributed by atoms with Crippen molar-refractivity contribution in [1.29, 1.82) is 0 Å². The summed E-state index contributed by atoms with van der Waals surface area (Å²) >= 11 is 0. The number of hydrogen-bond donors (Lipinski definition) is 0. The van der Waals surface area contributed by atoms with Crippen LogP contribution in [0.2, 0.25) is 0 Å². The van der Waals surface area contributed by atoms with E-state index in [-0.39, 0.29) is 16.1 Å². The van der Waals surface area contributed by atoms with Gasteiger partial charge in [0.25, 0.3) is 14.7 Å². The summed E-state index contributed by atoms with van der Waals surface area (Å²) in [5.74, 6) is 5.96. The highest BCUT2D eigenvalue weighted by Crippen LogP contribution is 2.28. The van der Waals surface area contributed by atoms with Crippen molar-refractivity contribution in [3.8, 4) is 11.8 Å². The molecule has 0 amide bonds. The second kappa shape index (κ2) is 4.59. The van der Waals surface area contributed by atoms with Gasteiger partial charge in [-0.25, -0.2) is 8.42 Å². The van der Waals surface area contributed by atoms with Crippen molar-refractivity contribution in [3.63, 3.8) is 0 Å². The maximum Gasteiger partial charge on any atom is 0.272 e. The number of nitro benzene ring substituents is 1. The Labute approximate surface area is 108 Å². The lowest BCUT2D eigenvalue weighted by Gasteiger charge is -1.98. The molecular weight excluding hydrogens is 278 g/mol. The molecule has 1 aliphatic carbocycles. The van der Waals surface area contributed by atoms with E-state index >= 15 is 0 Å². The molecular formula is C11H8ClNO4S. The second-order valence-electron chi connectivity index (χ2n) is 3.95. The fourth-order valence-electron chi connectivity index (χ4n) is 1.31. The number of benzene rings is 1. The standard InChI is InChI=1S/C11H8ClNO4S/c12-18(16,17)11-6-9(4-3-8-1-2-8)5-10(7-11)13(14)15/h5-8H,1-2H2. The van der Waals surface area contributed by atoms with Crippen LogP contribution in [0.1, 0.15) is 18.4 Å². The van der Waals surface area contributed by atoms with Crippen molar-refractivity contribution in [2.24, 2.45) is 5.92 Å². The Morgan fingerprint density at radius 1 is 1.33 bits per heavy atom. The molecule has 0 aliphatic heterocycles. The average Bonchev–Trinajstić information content (AvgIpc) is 3.08. The third kappa shape index (κ3) is 3.22. The largest absolute Gasteiger partial charge is 0.272 e. The first-order valence-electron chi connectivity index (χ1n) is 5.12. The molecule has 0 saturated heterocycles. The van der Waals surface area contributed by atoms with Crippen LogP contribution in [-0.2, 0) is 9.05 Å². The first-order valence-corrected chi connectivity index (χ1v) is 7.43. The fourth-order valence-corrected chi connectivity index (χ4v) is 2.11. The molecule has 0 bridgehead atoms. The molecule has 94 valence electrons. The monoisotopic (exact) mass is 285 g/mol. The van der Waals surface area contributed by atoms with E-state index in [4.69, 9.17) is 10.7 Å². The van der Waals surface area contributed by atoms with Crippen LogP contribution in [0.15, 0.2) is 23.1 Å². The Morgan fingerprint density at radius 2 is 2.00 bits per heavy atom. The van der Waals surface area contributed by atoms with Gasteiger partial charge in [-0.05, 0) is 18.9 Å². The summed E-state index contributed by atoms with van der Waals surface area (Å²) in [6, 6.07) is 3.40. The Kier molecular flexibility index (Phi) is 3.28. The Balaban J connectivity index is 2.49. The van der Waals surface area contributed by atoms with E-state index in [1.807, 2.05) is 0 Å². The zero-order valence-corrected chi connectivity index (χ0v) is 10.7. The van der Waals surface area contributed by atoms with Crippen LogP contribution in [0.25, 0.3) is 0 Å². The van der Waals surface area contributed by atoms with Gasteiger partial charge < -0.3 is 0 Å². The number of non-ortho nitro benzene ring substituents is 1. The molecule has 0 radical (unpaired) electrons. The van der Waals surface area contributed by atoms with Crippen LogP contribution in [0.4, 0.5) is 5.69 Å². The molecule has 0 unspecified atom stereocenters. The number of rotatable bonds is 2. The smallest absolute Gasteiger partial charge is 0.258 e. The van der Waals surface area contributed by atoms with E-state index in [1.54, 1.807) is 0 Å². The Morgan fingerprint density at radius 3 is 2.50 bits per heavy atom. The van der Waals surface area contributed by atoms with Gasteiger partial charge in [0.1, 0.15) is 0 Å². The maximum absolute atomic E-state index is 11.2. The number of halogens is 1. The minimum absolute atomic E-state index is 0.287. The molecule has 0 heterocycles. The molecule has 1 aromatic carbocycles. The lowest BCUT2D eigenvalue weighted by atomic mass is 10.2. The first kappa shape index (κ1) is 12.9. The van der Waals surface area contributed by atoms with Crippen LogP contribution in [-0.4, -0.2) is 13.3 Å². The van der Waals surface area contributed by atoms with Gasteiger partial charge in [-0.15, -0.1) is 0 Å². The third-order valence-corrected chi connectivity index (χ3v) is 3.71. The van der Waals surface area contributed by atoms with E-state index in [0.717, 1.165) is 18.9 Å². The summed E-state index contributed by atoms with van der Waals surface area (Å²) in [6.45, 7) is 0. The molecule has 1 aromatic rings. The maximum atomic E-state index is 11.2. The van der Waals surface area contributed by atoms with Crippen molar-refractivity contribution >= 4 is 25.4 Å². The average molecular weight is 286 g/mol. The van der Waals surface area contributed by atoms with Gasteiger partial charge >= 0.3 is 0 Å². The van der Waals surface area contributed by atoms with Crippen LogP contribution >= 0.6 is 10.7 Å². The molecule has 5 nitrogen and oxygen atoms in total. The molecule has 7 heteroatoms. The van der Waals surface area contributed by atoms with E-state index in [1.165, 1.54) is 12.1 Å². The van der Waals surface area contributed by atoms with Crippen molar-refractivity contribution in [1.82, 2.24) is 0 Å². The molecule has 0 atom stereocenters. The number of hydrogen-bond acceptors (Lipinski definition) is 4. The predicted octanol–water partition coefficient (Wildman–Crippen LogP) is 2.28. The summed E-state index contributed by atoms with van der Waals surface area (Å²) in [5, 5.41) is 10.7. The quantitative estimate of drug-likeness (QED) is 0.361. The molecule has 0 spiro atoms. The summed E-state index contributed by atoms with van der Waals surface area (Å²) in [7, 11) is 1.18. The summed E-state index contributed by atoms with van der Waals surface area (Å²) in [5.41, 5.74) is -0.0489. The Bertz CT molecular complexity index is 668. The number of nitro groups is 1. The predicted molar refractivity (Wildman–Crippen MR) is 65.7 cm³/mol. The van der Waals surface area contributed by atoms with Crippen molar-refractivity contribution < 1.29 is 13.3 Å². The van der Waals surface area contributed by atoms with Gasteiger partial charge in [0.05, 0.1) is 9.82 Å². The van der Waals surface area contributed by atoms with Crippen molar-refractivity contribution in [3.05, 3.63) is 33.9 Å². The molecule has 2 rings (SSSR count). The van der Waals surface area contributed by atoms with E-state index in [0.29, 0.717) is 5.92 Å². The van der Waals surface area contributed by atoms with Gasteiger partial charge in [0.2, 0.25) is 0 Å². The highest BCUT2D eigenvalue weighted by Gasteiger charge is 2.19. The zero-order chi connectivity index (χ0) is 13.3. The lowest BCUT2D eigenvalue weighted by molar-refractivity contribution is -0.385. The second-order valence-corrected chi connectivity index (χ2v) is 6.52. The van der Waals surface area contributed by atoms with Gasteiger partial charge in [-0.3, -0.25) is 10.1 Å². The Hall–Kier alpha value is -1.58. The summed E-state index contributed by atoms with van der Waals surface area (Å²) in [6.07, 6.45) is 2.03. The highest BCUT2D eigenvalue weighted by molar-refractivity contribution is 8.13. The van der Waals surface area contributed by atoms with E-state index in [9.17, 15) is 18.5 Å². The fraction of sp³-hybridized carbons (Fsp3) is 0.273. The highest BCUT2D eigenvalue weighted by atomic mass is 35.7. The van der Waals surface area contributed by atoms with Crippen LogP contribution < -0.4 is 0 Å².